The van der Waals surface area contributed by atoms with E-state index in [1.54, 1.807) is 42.5 Å². The van der Waals surface area contributed by atoms with E-state index in [0.717, 1.165) is 22.0 Å². The number of amides is 2. The number of carbonyl (C=O) groups excluding carboxylic acids is 2. The van der Waals surface area contributed by atoms with Gasteiger partial charge < -0.3 is 10.2 Å². The highest BCUT2D eigenvalue weighted by molar-refractivity contribution is 7.92. The van der Waals surface area contributed by atoms with Crippen LogP contribution in [0.4, 0.5) is 10.1 Å². The van der Waals surface area contributed by atoms with Gasteiger partial charge in [0.2, 0.25) is 11.8 Å². The molecular formula is C34H35ClFN3O4S. The summed E-state index contributed by atoms with van der Waals surface area (Å²) in [4.78, 5) is 29.5. The summed E-state index contributed by atoms with van der Waals surface area (Å²) < 4.78 is 42.6. The van der Waals surface area contributed by atoms with Gasteiger partial charge in [0.15, 0.2) is 0 Å². The number of anilines is 1. The fraction of sp³-hybridized carbons (Fsp3) is 0.235. The largest absolute Gasteiger partial charge is 0.354 e. The highest BCUT2D eigenvalue weighted by Gasteiger charge is 2.34. The van der Waals surface area contributed by atoms with Gasteiger partial charge in [-0.15, -0.1) is 0 Å². The van der Waals surface area contributed by atoms with E-state index in [1.807, 2.05) is 44.2 Å². The highest BCUT2D eigenvalue weighted by Crippen LogP contribution is 2.25. The van der Waals surface area contributed by atoms with Crippen molar-refractivity contribution in [2.24, 2.45) is 5.92 Å². The van der Waals surface area contributed by atoms with Crippen molar-refractivity contribution in [1.29, 1.82) is 0 Å². The minimum atomic E-state index is -4.26. The van der Waals surface area contributed by atoms with Gasteiger partial charge in [0.1, 0.15) is 18.4 Å². The van der Waals surface area contributed by atoms with Crippen LogP contribution in [0.25, 0.3) is 0 Å². The smallest absolute Gasteiger partial charge is 0.264 e. The quantitative estimate of drug-likeness (QED) is 0.193. The van der Waals surface area contributed by atoms with Gasteiger partial charge in [0.25, 0.3) is 10.0 Å². The average Bonchev–Trinajstić information content (AvgIpc) is 3.01. The molecule has 1 atom stereocenters. The maximum Gasteiger partial charge on any atom is 0.264 e. The molecule has 0 aromatic heterocycles. The number of hydrogen-bond donors (Lipinski definition) is 1. The van der Waals surface area contributed by atoms with Crippen LogP contribution >= 0.6 is 11.6 Å². The Balaban J connectivity index is 1.79. The van der Waals surface area contributed by atoms with E-state index in [0.29, 0.717) is 17.1 Å². The highest BCUT2D eigenvalue weighted by atomic mass is 35.5. The zero-order chi connectivity index (χ0) is 31.7. The molecule has 4 aromatic carbocycles. The van der Waals surface area contributed by atoms with Gasteiger partial charge in [-0.25, -0.2) is 12.8 Å². The molecular weight excluding hydrogens is 601 g/mol. The third-order valence-electron chi connectivity index (χ3n) is 6.92. The summed E-state index contributed by atoms with van der Waals surface area (Å²) in [5.41, 5.74) is 1.60. The lowest BCUT2D eigenvalue weighted by atomic mass is 10.0. The maximum absolute atomic E-state index is 14.4. The number of benzene rings is 4. The minimum absolute atomic E-state index is 0.00532. The Morgan fingerprint density at radius 2 is 1.45 bits per heavy atom. The van der Waals surface area contributed by atoms with Crippen molar-refractivity contribution in [3.05, 3.63) is 131 Å². The number of hydrogen-bond acceptors (Lipinski definition) is 4. The van der Waals surface area contributed by atoms with Gasteiger partial charge in [-0.1, -0.05) is 86.1 Å². The molecule has 4 rings (SSSR count). The summed E-state index contributed by atoms with van der Waals surface area (Å²) in [5.74, 6) is -1.37. The van der Waals surface area contributed by atoms with Crippen LogP contribution in [0.2, 0.25) is 5.02 Å². The van der Waals surface area contributed by atoms with Crippen LogP contribution in [0.5, 0.6) is 0 Å². The predicted molar refractivity (Wildman–Crippen MR) is 171 cm³/mol. The molecule has 0 saturated carbocycles. The molecule has 0 spiro atoms. The lowest BCUT2D eigenvalue weighted by Crippen LogP contribution is -2.53. The molecule has 0 heterocycles. The van der Waals surface area contributed by atoms with Crippen LogP contribution in [-0.2, 0) is 32.6 Å². The summed E-state index contributed by atoms with van der Waals surface area (Å²) >= 11 is 6.27. The Bertz CT molecular complexity index is 1650. The van der Waals surface area contributed by atoms with Gasteiger partial charge in [0, 0.05) is 24.5 Å². The molecule has 4 aromatic rings. The van der Waals surface area contributed by atoms with E-state index < -0.39 is 34.3 Å². The van der Waals surface area contributed by atoms with E-state index in [9.17, 15) is 22.4 Å². The topological polar surface area (TPSA) is 86.8 Å². The summed E-state index contributed by atoms with van der Waals surface area (Å²) in [7, 11) is -4.26. The Kier molecular flexibility index (Phi) is 11.1. The Morgan fingerprint density at radius 3 is 2.07 bits per heavy atom. The second kappa shape index (κ2) is 15.0. The van der Waals surface area contributed by atoms with Crippen molar-refractivity contribution in [1.82, 2.24) is 10.2 Å². The second-order valence-corrected chi connectivity index (χ2v) is 13.1. The van der Waals surface area contributed by atoms with E-state index in [4.69, 9.17) is 11.6 Å². The lowest BCUT2D eigenvalue weighted by molar-refractivity contribution is -0.140. The molecule has 10 heteroatoms. The molecule has 0 radical (unpaired) electrons. The molecule has 1 N–H and O–H groups in total. The number of nitrogens with zero attached hydrogens (tertiary/aromatic N) is 2. The van der Waals surface area contributed by atoms with Crippen molar-refractivity contribution in [2.75, 3.05) is 17.4 Å². The van der Waals surface area contributed by atoms with Crippen LogP contribution in [0, 0.1) is 11.7 Å². The fourth-order valence-electron chi connectivity index (χ4n) is 4.66. The van der Waals surface area contributed by atoms with Crippen molar-refractivity contribution in [3.63, 3.8) is 0 Å². The monoisotopic (exact) mass is 635 g/mol. The molecule has 2 amide bonds. The first-order valence-corrected chi connectivity index (χ1v) is 16.1. The molecule has 44 heavy (non-hydrogen) atoms. The molecule has 0 fully saturated rings. The summed E-state index contributed by atoms with van der Waals surface area (Å²) in [6.45, 7) is 3.70. The Morgan fingerprint density at radius 1 is 0.841 bits per heavy atom. The predicted octanol–water partition coefficient (Wildman–Crippen LogP) is 6.09. The molecule has 0 aliphatic rings. The number of halogens is 2. The van der Waals surface area contributed by atoms with Crippen molar-refractivity contribution in [3.8, 4) is 0 Å². The molecule has 0 aliphatic heterocycles. The minimum Gasteiger partial charge on any atom is -0.354 e. The van der Waals surface area contributed by atoms with Crippen LogP contribution in [-0.4, -0.2) is 44.3 Å². The molecule has 0 aliphatic carbocycles. The summed E-state index contributed by atoms with van der Waals surface area (Å²) in [5, 5.41) is 3.41. The Labute approximate surface area is 263 Å². The third-order valence-corrected chi connectivity index (χ3v) is 8.95. The van der Waals surface area contributed by atoms with Gasteiger partial charge in [-0.3, -0.25) is 13.9 Å². The van der Waals surface area contributed by atoms with Gasteiger partial charge in [0.05, 0.1) is 10.6 Å². The lowest BCUT2D eigenvalue weighted by Gasteiger charge is -2.34. The van der Waals surface area contributed by atoms with Crippen LogP contribution < -0.4 is 9.62 Å². The summed E-state index contributed by atoms with van der Waals surface area (Å²) in [6, 6.07) is 27.9. The van der Waals surface area contributed by atoms with E-state index in [1.165, 1.54) is 29.2 Å². The van der Waals surface area contributed by atoms with E-state index in [-0.39, 0.29) is 35.4 Å². The maximum atomic E-state index is 14.4. The van der Waals surface area contributed by atoms with Gasteiger partial charge in [-0.2, -0.15) is 0 Å². The molecule has 0 bridgehead atoms. The van der Waals surface area contributed by atoms with Gasteiger partial charge in [-0.05, 0) is 65.6 Å². The fourth-order valence-corrected chi connectivity index (χ4v) is 6.31. The number of nitrogens with one attached hydrogen (secondary N) is 1. The molecule has 230 valence electrons. The standard InChI is InChI=1S/C34H35ClFN3O4S/c1-25(2)22-37-34(41)32(21-26-10-5-3-6-11-26)38(23-27-12-9-13-28(35)20-27)33(40)24-39(30-18-16-29(36)17-19-30)44(42,43)31-14-7-4-8-15-31/h3-20,25,32H,21-24H2,1-2H3,(H,37,41). The Hall–Kier alpha value is -4.21. The normalized spacial score (nSPS) is 12.0. The van der Waals surface area contributed by atoms with E-state index in [2.05, 4.69) is 5.32 Å². The average molecular weight is 636 g/mol. The number of carbonyl (C=O) groups is 2. The first-order chi connectivity index (χ1) is 21.0. The third kappa shape index (κ3) is 8.67. The zero-order valence-electron chi connectivity index (χ0n) is 24.6. The zero-order valence-corrected chi connectivity index (χ0v) is 26.1. The van der Waals surface area contributed by atoms with Crippen LogP contribution in [0.3, 0.4) is 0 Å². The summed E-state index contributed by atoms with van der Waals surface area (Å²) in [6.07, 6.45) is 0.194. The number of sulfonamides is 1. The van der Waals surface area contributed by atoms with Crippen molar-refractivity contribution >= 4 is 39.1 Å². The van der Waals surface area contributed by atoms with Gasteiger partial charge >= 0.3 is 0 Å². The number of rotatable bonds is 13. The van der Waals surface area contributed by atoms with Crippen molar-refractivity contribution in [2.45, 2.75) is 37.8 Å². The first-order valence-electron chi connectivity index (χ1n) is 14.2. The SMILES string of the molecule is CC(C)CNC(=O)C(Cc1ccccc1)N(Cc1cccc(Cl)c1)C(=O)CN(c1ccc(F)cc1)S(=O)(=O)c1ccccc1. The van der Waals surface area contributed by atoms with E-state index >= 15 is 0 Å². The second-order valence-electron chi connectivity index (χ2n) is 10.8. The van der Waals surface area contributed by atoms with Crippen LogP contribution in [0.1, 0.15) is 25.0 Å². The first kappa shape index (κ1) is 32.7. The molecule has 0 saturated heterocycles. The van der Waals surface area contributed by atoms with Crippen molar-refractivity contribution < 1.29 is 22.4 Å². The molecule has 1 unspecified atom stereocenters. The molecule has 7 nitrogen and oxygen atoms in total. The van der Waals surface area contributed by atoms with Crippen LogP contribution in [0.15, 0.2) is 114 Å².